The normalized spacial score (nSPS) is 13.1. The van der Waals surface area contributed by atoms with Gasteiger partial charge in [0.15, 0.2) is 0 Å². The molecule has 1 aliphatic carbocycles. The van der Waals surface area contributed by atoms with Crippen LogP contribution < -0.4 is 0 Å². The van der Waals surface area contributed by atoms with E-state index in [-0.39, 0.29) is 0 Å². The second-order valence-corrected chi connectivity index (χ2v) is 5.20. The van der Waals surface area contributed by atoms with E-state index in [1.807, 2.05) is 0 Å². The molecule has 3 rings (SSSR count). The molecule has 1 aromatic carbocycles. The van der Waals surface area contributed by atoms with E-state index in [9.17, 15) is 0 Å². The van der Waals surface area contributed by atoms with Crippen LogP contribution in [0.5, 0.6) is 0 Å². The molecule has 18 heavy (non-hydrogen) atoms. The minimum atomic E-state index is 0.997. The molecule has 0 atom stereocenters. The summed E-state index contributed by atoms with van der Waals surface area (Å²) in [5.74, 6) is 0. The third kappa shape index (κ3) is 1.66. The van der Waals surface area contributed by atoms with Gasteiger partial charge in [0.25, 0.3) is 0 Å². The number of hydrogen-bond donors (Lipinski definition) is 0. The van der Waals surface area contributed by atoms with Crippen molar-refractivity contribution in [2.24, 2.45) is 0 Å². The molecule has 0 unspecified atom stereocenters. The Bertz CT molecular complexity index is 611. The predicted molar refractivity (Wildman–Crippen MR) is 75.1 cm³/mol. The van der Waals surface area contributed by atoms with Crippen LogP contribution in [0.3, 0.4) is 0 Å². The maximum absolute atomic E-state index is 4.84. The molecule has 0 bridgehead atoms. The van der Waals surface area contributed by atoms with Gasteiger partial charge in [0.05, 0.1) is 0 Å². The van der Waals surface area contributed by atoms with E-state index in [2.05, 4.69) is 45.0 Å². The smallest absolute Gasteiger partial charge is 0.0488 e. The molecule has 0 radical (unpaired) electrons. The minimum absolute atomic E-state index is 0.997. The van der Waals surface area contributed by atoms with Gasteiger partial charge in [0.2, 0.25) is 0 Å². The van der Waals surface area contributed by atoms with Crippen LogP contribution in [0.15, 0.2) is 24.3 Å². The number of nitrogens with zero attached hydrogens (tertiary/aromatic N) is 1. The summed E-state index contributed by atoms with van der Waals surface area (Å²) in [6.07, 6.45) is 3.13. The molecule has 2 aromatic rings. The Balaban J connectivity index is 2.16. The first-order valence-corrected chi connectivity index (χ1v) is 6.75. The summed E-state index contributed by atoms with van der Waals surface area (Å²) in [6.45, 7) is 6.63. The van der Waals surface area contributed by atoms with Crippen LogP contribution >= 0.6 is 0 Å². The number of benzene rings is 1. The van der Waals surface area contributed by atoms with Gasteiger partial charge < -0.3 is 0 Å². The van der Waals surface area contributed by atoms with Crippen molar-refractivity contribution >= 4 is 0 Å². The van der Waals surface area contributed by atoms with Crippen molar-refractivity contribution in [3.05, 3.63) is 63.5 Å². The monoisotopic (exact) mass is 237 g/mol. The predicted octanol–water partition coefficient (Wildman–Crippen LogP) is 3.76. The minimum Gasteiger partial charge on any atom is -0.257 e. The van der Waals surface area contributed by atoms with Crippen molar-refractivity contribution in [2.75, 3.05) is 0 Å². The van der Waals surface area contributed by atoms with E-state index in [0.29, 0.717) is 0 Å². The van der Waals surface area contributed by atoms with Gasteiger partial charge >= 0.3 is 0 Å². The number of rotatable bonds is 1. The summed E-state index contributed by atoms with van der Waals surface area (Å²) < 4.78 is 0. The molecule has 1 aliphatic rings. The molecule has 0 saturated heterocycles. The topological polar surface area (TPSA) is 12.9 Å². The molecule has 0 saturated carbocycles. The molecule has 0 spiro atoms. The lowest BCUT2D eigenvalue weighted by Crippen LogP contribution is -2.14. The summed E-state index contributed by atoms with van der Waals surface area (Å²) in [5.41, 5.74) is 9.80. The largest absolute Gasteiger partial charge is 0.257 e. The number of hydrogen-bond acceptors (Lipinski definition) is 1. The molecule has 1 aromatic heterocycles. The molecule has 1 heteroatoms. The lowest BCUT2D eigenvalue weighted by molar-refractivity contribution is 0.883. The first kappa shape index (κ1) is 11.5. The van der Waals surface area contributed by atoms with E-state index in [4.69, 9.17) is 4.98 Å². The van der Waals surface area contributed by atoms with Crippen molar-refractivity contribution in [1.82, 2.24) is 4.98 Å². The van der Waals surface area contributed by atoms with Crippen molar-refractivity contribution in [3.8, 4) is 0 Å². The van der Waals surface area contributed by atoms with Crippen molar-refractivity contribution in [3.63, 3.8) is 0 Å². The van der Waals surface area contributed by atoms with E-state index in [0.717, 1.165) is 19.3 Å². The molecule has 1 nitrogen and oxygen atoms in total. The highest BCUT2D eigenvalue weighted by Gasteiger charge is 2.20. The van der Waals surface area contributed by atoms with Crippen molar-refractivity contribution in [2.45, 2.75) is 40.0 Å². The number of pyridine rings is 1. The number of aryl methyl sites for hydroxylation is 1. The fourth-order valence-corrected chi connectivity index (χ4v) is 3.18. The quantitative estimate of drug-likeness (QED) is 0.628. The Morgan fingerprint density at radius 2 is 1.72 bits per heavy atom. The molecule has 92 valence electrons. The SMILES string of the molecule is CCc1c(C)nc2c(c1C)Cc1ccccc1C2. The van der Waals surface area contributed by atoms with E-state index >= 15 is 0 Å². The molecule has 0 fully saturated rings. The van der Waals surface area contributed by atoms with Gasteiger partial charge in [0, 0.05) is 17.8 Å². The van der Waals surface area contributed by atoms with E-state index in [1.54, 1.807) is 0 Å². The van der Waals surface area contributed by atoms with Crippen LogP contribution in [0.2, 0.25) is 0 Å². The Morgan fingerprint density at radius 3 is 2.39 bits per heavy atom. The lowest BCUT2D eigenvalue weighted by atomic mass is 9.85. The van der Waals surface area contributed by atoms with Gasteiger partial charge in [-0.25, -0.2) is 0 Å². The Hall–Kier alpha value is -1.63. The van der Waals surface area contributed by atoms with Crippen molar-refractivity contribution < 1.29 is 0 Å². The van der Waals surface area contributed by atoms with Crippen LogP contribution in [-0.4, -0.2) is 4.98 Å². The molecule has 0 aliphatic heterocycles. The zero-order valence-electron chi connectivity index (χ0n) is 11.4. The standard InChI is InChI=1S/C17H19N/c1-4-15-11(2)16-9-13-7-5-6-8-14(13)10-17(16)18-12(15)3/h5-8H,4,9-10H2,1-3H3. The summed E-state index contributed by atoms with van der Waals surface area (Å²) in [4.78, 5) is 4.84. The zero-order valence-corrected chi connectivity index (χ0v) is 11.4. The third-order valence-electron chi connectivity index (χ3n) is 4.19. The molecule has 0 N–H and O–H groups in total. The number of aromatic nitrogens is 1. The van der Waals surface area contributed by atoms with Crippen LogP contribution in [-0.2, 0) is 19.3 Å². The van der Waals surface area contributed by atoms with E-state index < -0.39 is 0 Å². The Kier molecular flexibility index (Phi) is 2.70. The summed E-state index contributed by atoms with van der Waals surface area (Å²) >= 11 is 0. The van der Waals surface area contributed by atoms with Gasteiger partial charge in [0.1, 0.15) is 0 Å². The zero-order chi connectivity index (χ0) is 12.7. The van der Waals surface area contributed by atoms with Gasteiger partial charge in [-0.2, -0.15) is 0 Å². The van der Waals surface area contributed by atoms with Crippen LogP contribution in [0.25, 0.3) is 0 Å². The second-order valence-electron chi connectivity index (χ2n) is 5.20. The fourth-order valence-electron chi connectivity index (χ4n) is 3.18. The maximum Gasteiger partial charge on any atom is 0.0488 e. The first-order chi connectivity index (χ1) is 8.70. The average Bonchev–Trinajstić information content (AvgIpc) is 2.37. The first-order valence-electron chi connectivity index (χ1n) is 6.75. The second kappa shape index (κ2) is 4.24. The molecular weight excluding hydrogens is 218 g/mol. The van der Waals surface area contributed by atoms with Gasteiger partial charge in [-0.05, 0) is 54.5 Å². The lowest BCUT2D eigenvalue weighted by Gasteiger charge is -2.23. The highest BCUT2D eigenvalue weighted by Crippen LogP contribution is 2.30. The summed E-state index contributed by atoms with van der Waals surface area (Å²) in [5, 5.41) is 0. The van der Waals surface area contributed by atoms with Gasteiger partial charge in [-0.3, -0.25) is 4.98 Å². The summed E-state index contributed by atoms with van der Waals surface area (Å²) in [6, 6.07) is 8.76. The van der Waals surface area contributed by atoms with Gasteiger partial charge in [-0.1, -0.05) is 31.2 Å². The van der Waals surface area contributed by atoms with E-state index in [1.165, 1.54) is 39.2 Å². The van der Waals surface area contributed by atoms with Crippen LogP contribution in [0, 0.1) is 13.8 Å². The average molecular weight is 237 g/mol. The Morgan fingerprint density at radius 1 is 1.06 bits per heavy atom. The van der Waals surface area contributed by atoms with Gasteiger partial charge in [-0.15, -0.1) is 0 Å². The third-order valence-corrected chi connectivity index (χ3v) is 4.19. The fraction of sp³-hybridized carbons (Fsp3) is 0.353. The highest BCUT2D eigenvalue weighted by atomic mass is 14.7. The van der Waals surface area contributed by atoms with Crippen LogP contribution in [0.4, 0.5) is 0 Å². The molecule has 0 amide bonds. The molecule has 1 heterocycles. The maximum atomic E-state index is 4.84. The Labute approximate surface area is 109 Å². The van der Waals surface area contributed by atoms with Crippen molar-refractivity contribution in [1.29, 1.82) is 0 Å². The van der Waals surface area contributed by atoms with Crippen LogP contribution in [0.1, 0.15) is 46.1 Å². The molecular formula is C17H19N. The highest BCUT2D eigenvalue weighted by molar-refractivity contribution is 5.48. The number of fused-ring (bicyclic) bond motifs is 2. The summed E-state index contributed by atoms with van der Waals surface area (Å²) in [7, 11) is 0.